The van der Waals surface area contributed by atoms with E-state index in [1.807, 2.05) is 12.1 Å². The van der Waals surface area contributed by atoms with Crippen LogP contribution in [0.2, 0.25) is 0 Å². The summed E-state index contributed by atoms with van der Waals surface area (Å²) in [5, 5.41) is 8.88. The molecule has 0 aliphatic heterocycles. The van der Waals surface area contributed by atoms with Crippen LogP contribution >= 0.6 is 0 Å². The molecule has 0 bridgehead atoms. The maximum atomic E-state index is 8.88. The van der Waals surface area contributed by atoms with Gasteiger partial charge in [0.1, 0.15) is 6.07 Å². The monoisotopic (exact) mass is 246 g/mol. The molecule has 0 amide bonds. The highest BCUT2D eigenvalue weighted by Crippen LogP contribution is 2.21. The summed E-state index contributed by atoms with van der Waals surface area (Å²) in [6, 6.07) is 7.75. The Bertz CT molecular complexity index is 420. The summed E-state index contributed by atoms with van der Waals surface area (Å²) >= 11 is 0. The highest BCUT2D eigenvalue weighted by atomic mass is 15.2. The van der Waals surface area contributed by atoms with Gasteiger partial charge < -0.3 is 15.5 Å². The number of likely N-dealkylation sites (N-methyl/N-ethyl adjacent to an activating group) is 1. The van der Waals surface area contributed by atoms with Crippen LogP contribution in [0.5, 0.6) is 0 Å². The number of nitrogens with two attached hydrogens (primary N) is 1. The van der Waals surface area contributed by atoms with Crippen LogP contribution in [0.3, 0.4) is 0 Å². The summed E-state index contributed by atoms with van der Waals surface area (Å²) in [6.45, 7) is 5.13. The zero-order valence-electron chi connectivity index (χ0n) is 11.5. The van der Waals surface area contributed by atoms with Gasteiger partial charge in [0, 0.05) is 25.3 Å². The molecule has 0 saturated carbocycles. The first kappa shape index (κ1) is 14.3. The summed E-state index contributed by atoms with van der Waals surface area (Å²) in [7, 11) is 4.13. The fourth-order valence-electron chi connectivity index (χ4n) is 1.81. The Labute approximate surface area is 110 Å². The van der Waals surface area contributed by atoms with Crippen LogP contribution in [-0.4, -0.2) is 38.6 Å². The van der Waals surface area contributed by atoms with E-state index in [9.17, 15) is 0 Å². The lowest BCUT2D eigenvalue weighted by Crippen LogP contribution is -2.32. The molecule has 98 valence electrons. The van der Waals surface area contributed by atoms with E-state index in [4.69, 9.17) is 11.0 Å². The fraction of sp³-hybridized carbons (Fsp3) is 0.500. The second kappa shape index (κ2) is 6.87. The van der Waals surface area contributed by atoms with Crippen LogP contribution < -0.4 is 10.6 Å². The summed E-state index contributed by atoms with van der Waals surface area (Å²) < 4.78 is 0. The second-order valence-corrected chi connectivity index (χ2v) is 4.67. The van der Waals surface area contributed by atoms with Gasteiger partial charge in [-0.1, -0.05) is 6.92 Å². The minimum Gasteiger partial charge on any atom is -0.398 e. The Hall–Kier alpha value is -1.73. The van der Waals surface area contributed by atoms with Crippen molar-refractivity contribution in [3.8, 4) is 6.07 Å². The highest BCUT2D eigenvalue weighted by molar-refractivity contribution is 5.63. The van der Waals surface area contributed by atoms with E-state index < -0.39 is 0 Å². The average molecular weight is 246 g/mol. The molecule has 2 N–H and O–H groups in total. The standard InChI is InChI=1S/C14H22N4/c1-4-7-18(9-8-17(2)3)13-6-5-12(11-15)14(16)10-13/h5-6,10H,4,7-9,16H2,1-3H3. The van der Waals surface area contributed by atoms with Gasteiger partial charge >= 0.3 is 0 Å². The molecule has 1 rings (SSSR count). The minimum atomic E-state index is 0.544. The van der Waals surface area contributed by atoms with Crippen LogP contribution in [0, 0.1) is 11.3 Å². The van der Waals surface area contributed by atoms with E-state index in [2.05, 4.69) is 36.9 Å². The first-order valence-corrected chi connectivity index (χ1v) is 6.27. The van der Waals surface area contributed by atoms with Crippen molar-refractivity contribution in [3.05, 3.63) is 23.8 Å². The molecule has 0 saturated heterocycles. The number of hydrogen-bond acceptors (Lipinski definition) is 4. The zero-order chi connectivity index (χ0) is 13.5. The summed E-state index contributed by atoms with van der Waals surface area (Å²) in [5.41, 5.74) is 8.06. The Balaban J connectivity index is 2.85. The van der Waals surface area contributed by atoms with E-state index in [-0.39, 0.29) is 0 Å². The van der Waals surface area contributed by atoms with Gasteiger partial charge in [0.2, 0.25) is 0 Å². The first-order valence-electron chi connectivity index (χ1n) is 6.27. The van der Waals surface area contributed by atoms with Gasteiger partial charge in [-0.2, -0.15) is 5.26 Å². The predicted octanol–water partition coefficient (Wildman–Crippen LogP) is 1.92. The van der Waals surface area contributed by atoms with Crippen LogP contribution in [0.4, 0.5) is 11.4 Å². The molecular formula is C14H22N4. The van der Waals surface area contributed by atoms with E-state index >= 15 is 0 Å². The molecule has 0 aromatic heterocycles. The molecule has 4 nitrogen and oxygen atoms in total. The molecule has 0 aliphatic carbocycles. The molecule has 18 heavy (non-hydrogen) atoms. The van der Waals surface area contributed by atoms with Crippen molar-refractivity contribution < 1.29 is 0 Å². The summed E-state index contributed by atoms with van der Waals surface area (Å²) in [6.07, 6.45) is 1.09. The number of hydrogen-bond donors (Lipinski definition) is 1. The maximum absolute atomic E-state index is 8.88. The van der Waals surface area contributed by atoms with Gasteiger partial charge in [0.15, 0.2) is 0 Å². The summed E-state index contributed by atoms with van der Waals surface area (Å²) in [4.78, 5) is 4.47. The van der Waals surface area contributed by atoms with Gasteiger partial charge in [-0.3, -0.25) is 0 Å². The largest absolute Gasteiger partial charge is 0.398 e. The van der Waals surface area contributed by atoms with Gasteiger partial charge in [-0.05, 0) is 38.7 Å². The Morgan fingerprint density at radius 2 is 1.94 bits per heavy atom. The molecule has 1 aromatic carbocycles. The fourth-order valence-corrected chi connectivity index (χ4v) is 1.81. The highest BCUT2D eigenvalue weighted by Gasteiger charge is 2.08. The van der Waals surface area contributed by atoms with Crippen LogP contribution in [0.1, 0.15) is 18.9 Å². The average Bonchev–Trinajstić information content (AvgIpc) is 2.34. The van der Waals surface area contributed by atoms with E-state index in [1.165, 1.54) is 0 Å². The van der Waals surface area contributed by atoms with E-state index in [0.717, 1.165) is 31.7 Å². The third kappa shape index (κ3) is 3.94. The Kier molecular flexibility index (Phi) is 5.47. The molecule has 0 atom stereocenters. The lowest BCUT2D eigenvalue weighted by atomic mass is 10.1. The van der Waals surface area contributed by atoms with Crippen molar-refractivity contribution in [1.82, 2.24) is 4.90 Å². The molecule has 1 aromatic rings. The van der Waals surface area contributed by atoms with Crippen molar-refractivity contribution >= 4 is 11.4 Å². The second-order valence-electron chi connectivity index (χ2n) is 4.67. The normalized spacial score (nSPS) is 10.4. The number of benzene rings is 1. The van der Waals surface area contributed by atoms with Gasteiger partial charge in [-0.25, -0.2) is 0 Å². The molecule has 0 unspecified atom stereocenters. The molecule has 0 aliphatic rings. The van der Waals surface area contributed by atoms with Gasteiger partial charge in [-0.15, -0.1) is 0 Å². The quantitative estimate of drug-likeness (QED) is 0.779. The third-order valence-electron chi connectivity index (χ3n) is 2.83. The van der Waals surface area contributed by atoms with Crippen molar-refractivity contribution in [1.29, 1.82) is 5.26 Å². The van der Waals surface area contributed by atoms with Gasteiger partial charge in [0.25, 0.3) is 0 Å². The van der Waals surface area contributed by atoms with E-state index in [0.29, 0.717) is 11.3 Å². The number of rotatable bonds is 6. The molecule has 4 heteroatoms. The Morgan fingerprint density at radius 3 is 2.44 bits per heavy atom. The molecule has 0 fully saturated rings. The van der Waals surface area contributed by atoms with Crippen molar-refractivity contribution in [2.24, 2.45) is 0 Å². The number of nitrogens with zero attached hydrogens (tertiary/aromatic N) is 3. The van der Waals surface area contributed by atoms with Crippen LogP contribution in [0.15, 0.2) is 18.2 Å². The van der Waals surface area contributed by atoms with Crippen molar-refractivity contribution in [3.63, 3.8) is 0 Å². The smallest absolute Gasteiger partial charge is 0.101 e. The Morgan fingerprint density at radius 1 is 1.22 bits per heavy atom. The van der Waals surface area contributed by atoms with Crippen molar-refractivity contribution in [2.75, 3.05) is 44.4 Å². The predicted molar refractivity (Wildman–Crippen MR) is 76.6 cm³/mol. The third-order valence-corrected chi connectivity index (χ3v) is 2.83. The van der Waals surface area contributed by atoms with Crippen LogP contribution in [0.25, 0.3) is 0 Å². The summed E-state index contributed by atoms with van der Waals surface area (Å²) in [5.74, 6) is 0. The maximum Gasteiger partial charge on any atom is 0.101 e. The number of nitrogen functional groups attached to an aromatic ring is 1. The molecular weight excluding hydrogens is 224 g/mol. The molecule has 0 radical (unpaired) electrons. The molecule has 0 spiro atoms. The van der Waals surface area contributed by atoms with Gasteiger partial charge in [0.05, 0.1) is 11.3 Å². The molecule has 0 heterocycles. The van der Waals surface area contributed by atoms with Crippen LogP contribution in [-0.2, 0) is 0 Å². The minimum absolute atomic E-state index is 0.544. The van der Waals surface area contributed by atoms with E-state index in [1.54, 1.807) is 6.07 Å². The lowest BCUT2D eigenvalue weighted by Gasteiger charge is -2.26. The van der Waals surface area contributed by atoms with Crippen molar-refractivity contribution in [2.45, 2.75) is 13.3 Å². The lowest BCUT2D eigenvalue weighted by molar-refractivity contribution is 0.413. The number of nitriles is 1. The number of anilines is 2. The topological polar surface area (TPSA) is 56.3 Å². The zero-order valence-corrected chi connectivity index (χ0v) is 11.5. The first-order chi connectivity index (χ1) is 8.58. The SMILES string of the molecule is CCCN(CCN(C)C)c1ccc(C#N)c(N)c1.